The van der Waals surface area contributed by atoms with Gasteiger partial charge >= 0.3 is 318 Å². The number of aryl methyl sites for hydroxylation is 2. The van der Waals surface area contributed by atoms with Gasteiger partial charge in [0.2, 0.25) is 0 Å². The number of ether oxygens (including phenoxy) is 6. The molecule has 0 aliphatic heterocycles. The van der Waals surface area contributed by atoms with Crippen molar-refractivity contribution in [1.29, 1.82) is 0 Å². The third-order valence-corrected chi connectivity index (χ3v) is 13.4. The second-order valence-electron chi connectivity index (χ2n) is 12.8. The number of rotatable bonds is 17. The van der Waals surface area contributed by atoms with Gasteiger partial charge in [-0.15, -0.1) is 0 Å². The van der Waals surface area contributed by atoms with Crippen molar-refractivity contribution >= 4 is 58.8 Å². The average molecular weight is 845 g/mol. The average Bonchev–Trinajstić information content (AvgIpc) is 3.11. The number of methoxy groups -OCH3 is 3. The summed E-state index contributed by atoms with van der Waals surface area (Å²) in [6.07, 6.45) is 0. The molecule has 0 heterocycles. The fourth-order valence-electron chi connectivity index (χ4n) is 4.79. The van der Waals surface area contributed by atoms with E-state index >= 15 is 0 Å². The second kappa shape index (κ2) is 21.8. The van der Waals surface area contributed by atoms with Gasteiger partial charge in [0.05, 0.1) is 0 Å². The number of carbonyl (C=O) groups is 2. The molecular weight excluding hydrogens is 794 g/mol. The number of hydrogen-bond donors (Lipinski definition) is 0. The van der Waals surface area contributed by atoms with Crippen molar-refractivity contribution in [3.05, 3.63) is 118 Å². The maximum absolute atomic E-state index is 12.9. The van der Waals surface area contributed by atoms with Crippen LogP contribution < -0.4 is 18.4 Å². The number of hydrogen-bond acceptors (Lipinski definition) is 8. The van der Waals surface area contributed by atoms with Gasteiger partial charge in [-0.3, -0.25) is 0 Å². The predicted molar refractivity (Wildman–Crippen MR) is 208 cm³/mol. The van der Waals surface area contributed by atoms with Crippen LogP contribution in [0.3, 0.4) is 0 Å². The minimum atomic E-state index is -1.27. The molecule has 4 aromatic rings. The van der Waals surface area contributed by atoms with Crippen molar-refractivity contribution in [3.8, 4) is 11.5 Å². The Labute approximate surface area is 316 Å². The van der Waals surface area contributed by atoms with Gasteiger partial charge in [-0.2, -0.15) is 0 Å². The Kier molecular flexibility index (Phi) is 18.0. The van der Waals surface area contributed by atoms with Crippen LogP contribution in [0.1, 0.15) is 43.0 Å². The zero-order valence-electron chi connectivity index (χ0n) is 30.9. The Morgan fingerprint density at radius 3 is 1.45 bits per heavy atom. The Morgan fingerprint density at radius 2 is 1.06 bits per heavy atom. The van der Waals surface area contributed by atoms with Crippen LogP contribution in [0.25, 0.3) is 0 Å². The van der Waals surface area contributed by atoms with Gasteiger partial charge in [-0.05, 0) is 0 Å². The van der Waals surface area contributed by atoms with Gasteiger partial charge in [0.15, 0.2) is 0 Å². The molecule has 0 N–H and O–H groups in total. The van der Waals surface area contributed by atoms with Gasteiger partial charge in [-0.25, -0.2) is 0 Å². The summed E-state index contributed by atoms with van der Waals surface area (Å²) in [6.45, 7) is 11.5. The molecule has 11 heteroatoms. The van der Waals surface area contributed by atoms with E-state index in [2.05, 4.69) is 50.0 Å². The molecule has 0 fully saturated rings. The molecule has 0 atom stereocenters. The molecule has 0 amide bonds. The van der Waals surface area contributed by atoms with E-state index in [1.807, 2.05) is 68.4 Å². The van der Waals surface area contributed by atoms with Gasteiger partial charge in [0.25, 0.3) is 0 Å². The number of benzene rings is 4. The van der Waals surface area contributed by atoms with Gasteiger partial charge in [0, 0.05) is 0 Å². The fourth-order valence-corrected chi connectivity index (χ4v) is 9.28. The van der Waals surface area contributed by atoms with Gasteiger partial charge in [0.1, 0.15) is 0 Å². The first kappa shape index (κ1) is 42.0. The first-order chi connectivity index (χ1) is 24.4. The second-order valence-corrected chi connectivity index (χ2v) is 22.9. The van der Waals surface area contributed by atoms with Crippen LogP contribution in [0, 0.1) is 13.8 Å². The van der Waals surface area contributed by atoms with Crippen molar-refractivity contribution < 1.29 is 38.0 Å². The predicted octanol–water partition coefficient (Wildman–Crippen LogP) is 6.30. The Balaban J connectivity index is 0.000000281. The summed E-state index contributed by atoms with van der Waals surface area (Å²) in [5.74, 6) is 0.370. The van der Waals surface area contributed by atoms with Crippen LogP contribution in [0.5, 0.6) is 11.5 Å². The van der Waals surface area contributed by atoms with Gasteiger partial charge < -0.3 is 0 Å². The molecule has 4 aromatic carbocycles. The van der Waals surface area contributed by atoms with Crippen LogP contribution in [0.15, 0.2) is 84.9 Å². The van der Waals surface area contributed by atoms with Crippen molar-refractivity contribution in [1.82, 2.24) is 0 Å². The summed E-state index contributed by atoms with van der Waals surface area (Å²) in [6, 6.07) is 29.4. The van der Waals surface area contributed by atoms with Crippen LogP contribution in [0.2, 0.25) is 25.7 Å². The molecule has 0 aromatic heterocycles. The summed E-state index contributed by atoms with van der Waals surface area (Å²) < 4.78 is 34.5. The Morgan fingerprint density at radius 1 is 0.627 bits per heavy atom. The summed E-state index contributed by atoms with van der Waals surface area (Å²) in [7, 11) is 3.24. The van der Waals surface area contributed by atoms with E-state index in [0.717, 1.165) is 38.9 Å². The maximum atomic E-state index is 12.9. The molecule has 0 saturated heterocycles. The van der Waals surface area contributed by atoms with Crippen LogP contribution >= 0.6 is 0 Å². The molecule has 0 aliphatic rings. The molecule has 8 nitrogen and oxygen atoms in total. The van der Waals surface area contributed by atoms with E-state index in [4.69, 9.17) is 28.4 Å². The number of esters is 2. The topological polar surface area (TPSA) is 89.5 Å². The molecule has 4 rings (SSSR count). The first-order valence-electron chi connectivity index (χ1n) is 16.6. The molecule has 0 saturated carbocycles. The minimum absolute atomic E-state index is 0.0940. The summed E-state index contributed by atoms with van der Waals surface area (Å²) in [5.41, 5.74) is 5.06. The van der Waals surface area contributed by atoms with E-state index in [0.29, 0.717) is 29.2 Å². The molecule has 0 spiro atoms. The van der Waals surface area contributed by atoms with Crippen LogP contribution in [-0.2, 0) is 29.6 Å². The molecule has 0 radical (unpaired) electrons. The summed E-state index contributed by atoms with van der Waals surface area (Å²) in [5, 5.41) is 1.60. The third kappa shape index (κ3) is 14.6. The summed E-state index contributed by atoms with van der Waals surface area (Å²) in [4.78, 5) is 25.1. The molecule has 51 heavy (non-hydrogen) atoms. The molecule has 0 unspecified atom stereocenters. The van der Waals surface area contributed by atoms with Crippen LogP contribution in [-0.4, -0.2) is 91.4 Å². The van der Waals surface area contributed by atoms with Gasteiger partial charge in [-0.1, -0.05) is 0 Å². The van der Waals surface area contributed by atoms with Crippen molar-refractivity contribution in [2.45, 2.75) is 50.2 Å². The van der Waals surface area contributed by atoms with Crippen molar-refractivity contribution in [3.63, 3.8) is 0 Å². The Bertz CT molecular complexity index is 1680. The number of carbonyl (C=O) groups excluding carboxylic acids is 2. The van der Waals surface area contributed by atoms with E-state index in [1.54, 1.807) is 14.2 Å². The van der Waals surface area contributed by atoms with E-state index in [-0.39, 0.29) is 55.4 Å². The molecule has 0 bridgehead atoms. The Hall–Kier alpha value is -3.40. The monoisotopic (exact) mass is 846 g/mol. The standard InChI is InChI=1S/C22H30O4SeSi.C18H20O4Se/c1-17-13-18(15-27-19-9-7-6-8-10-19)21(20(14-17)26-16-24-2)22(23)25-11-12-28(3,4)5;1-13-9-14(11-23-15-7-5-4-6-8-15)17(18(19)21-3)16(10-13)22-12-20-2/h6-10,13-14H,11-12,15-16H2,1-5H3;4-10H,11-12H2,1-3H3. The SMILES string of the molecule is COCOc1cc(C)cc(C[Se]c2ccccc2)c1C(=O)OC.COCOc1cc(C)cc(C[Se]c2ccccc2)c1C(=O)OCC[Si](C)(C)C. The third-order valence-electron chi connectivity index (χ3n) is 7.27. The first-order valence-corrected chi connectivity index (χ1v) is 24.4. The molecular formula is C40H50O8Se2Si. The quantitative estimate of drug-likeness (QED) is 0.0697. The zero-order valence-corrected chi connectivity index (χ0v) is 35.3. The van der Waals surface area contributed by atoms with E-state index in [1.165, 1.54) is 16.0 Å². The van der Waals surface area contributed by atoms with Crippen LogP contribution in [0.4, 0.5) is 0 Å². The van der Waals surface area contributed by atoms with Crippen molar-refractivity contribution in [2.75, 3.05) is 41.5 Å². The van der Waals surface area contributed by atoms with E-state index < -0.39 is 8.07 Å². The fraction of sp³-hybridized carbons (Fsp3) is 0.350. The molecule has 0 aliphatic carbocycles. The normalized spacial score (nSPS) is 10.9. The van der Waals surface area contributed by atoms with E-state index in [9.17, 15) is 9.59 Å². The summed E-state index contributed by atoms with van der Waals surface area (Å²) >= 11 is 0.456. The van der Waals surface area contributed by atoms with Crippen molar-refractivity contribution in [2.24, 2.45) is 0 Å². The molecule has 274 valence electrons. The zero-order chi connectivity index (χ0) is 37.2.